The van der Waals surface area contributed by atoms with E-state index in [-0.39, 0.29) is 18.9 Å². The summed E-state index contributed by atoms with van der Waals surface area (Å²) in [5, 5.41) is -13.7. The maximum absolute atomic E-state index is 12.7. The summed E-state index contributed by atoms with van der Waals surface area (Å²) in [6, 6.07) is 0. The number of hydrogen-bond donors (Lipinski definition) is 0. The Labute approximate surface area is 118 Å². The van der Waals surface area contributed by atoms with E-state index in [0.29, 0.717) is 0 Å². The summed E-state index contributed by atoms with van der Waals surface area (Å²) >= 11 is 0. The van der Waals surface area contributed by atoms with E-state index >= 15 is 0 Å². The first-order valence-electron chi connectivity index (χ1n) is 3.70. The van der Waals surface area contributed by atoms with Crippen LogP contribution in [0.2, 0.25) is 0 Å². The van der Waals surface area contributed by atoms with Gasteiger partial charge in [-0.15, -0.1) is 0 Å². The van der Waals surface area contributed by atoms with Crippen molar-refractivity contribution in [1.82, 2.24) is 0 Å². The first-order chi connectivity index (χ1) is 7.96. The second-order valence-electron chi connectivity index (χ2n) is 3.21. The maximum Gasteiger partial charge on any atom is 1.00 e. The molecule has 0 saturated carbocycles. The second-order valence-corrected chi connectivity index (χ2v) is 6.73. The van der Waals surface area contributed by atoms with Gasteiger partial charge in [-0.1, -0.05) is 0 Å². The minimum absolute atomic E-state index is 0. The van der Waals surface area contributed by atoms with Gasteiger partial charge in [0.1, 0.15) is 0 Å². The molecule has 0 aromatic rings. The van der Waals surface area contributed by atoms with E-state index in [4.69, 9.17) is 0 Å². The Morgan fingerprint density at radius 1 is 0.600 bits per heavy atom. The molecule has 1 heterocycles. The molecule has 0 N–H and O–H groups in total. The summed E-state index contributed by atoms with van der Waals surface area (Å²) in [6.45, 7) is 0. The first kappa shape index (κ1) is 19.9. The molecule has 1 fully saturated rings. The molecule has 0 atom stereocenters. The molecule has 5 nitrogen and oxygen atoms in total. The van der Waals surface area contributed by atoms with Crippen molar-refractivity contribution in [3.63, 3.8) is 0 Å². The van der Waals surface area contributed by atoms with Gasteiger partial charge in [0.2, 0.25) is 0 Å². The average Bonchev–Trinajstić information content (AvgIpc) is 2.14. The zero-order valence-corrected chi connectivity index (χ0v) is 10.6. The van der Waals surface area contributed by atoms with Gasteiger partial charge >= 0.3 is 41.2 Å². The maximum atomic E-state index is 12.7. The number of hydrogen-bond acceptors (Lipinski definition) is 4. The van der Waals surface area contributed by atoms with Crippen LogP contribution in [-0.4, -0.2) is 39.2 Å². The number of nitrogens with zero attached hydrogens (tertiary/aromatic N) is 1. The molecule has 1 saturated heterocycles. The van der Waals surface area contributed by atoms with Crippen molar-refractivity contribution in [2.75, 3.05) is 0 Å². The third-order valence-corrected chi connectivity index (χ3v) is 5.35. The molecule has 0 radical (unpaired) electrons. The summed E-state index contributed by atoms with van der Waals surface area (Å²) in [7, 11) is -14.3. The van der Waals surface area contributed by atoms with E-state index < -0.39 is 42.4 Å². The van der Waals surface area contributed by atoms with Crippen LogP contribution in [0.3, 0.4) is 0 Å². The van der Waals surface area contributed by atoms with Crippen LogP contribution in [0, 0.1) is 0 Å². The molecule has 0 bridgehead atoms. The Bertz CT molecular complexity index is 558. The fourth-order valence-electron chi connectivity index (χ4n) is 0.912. The summed E-state index contributed by atoms with van der Waals surface area (Å²) < 4.78 is 144. The van der Waals surface area contributed by atoms with Crippen LogP contribution in [0.15, 0.2) is 0 Å². The number of halogens is 8. The van der Waals surface area contributed by atoms with Crippen LogP contribution >= 0.6 is 0 Å². The van der Waals surface area contributed by atoms with E-state index in [1.54, 1.807) is 0 Å². The Balaban J connectivity index is 0.00000361. The Morgan fingerprint density at radius 3 is 1.00 bits per heavy atom. The van der Waals surface area contributed by atoms with Gasteiger partial charge in [-0.3, -0.25) is 0 Å². The normalized spacial score (nSPS) is 31.6. The minimum atomic E-state index is -7.20. The predicted octanol–water partition coefficient (Wildman–Crippen LogP) is -1.51. The van der Waals surface area contributed by atoms with E-state index in [1.165, 1.54) is 0 Å². The standard InChI is InChI=1S/C4F8NO4S2.Li/c5-1(6)2(7,8)4(11,12)19(16,17)13-18(14,15)3(1,9)10;/q-1;+1. The summed E-state index contributed by atoms with van der Waals surface area (Å²) in [6.07, 6.45) is 0. The molecule has 0 aromatic carbocycles. The van der Waals surface area contributed by atoms with Crippen molar-refractivity contribution in [2.45, 2.75) is 22.4 Å². The molecule has 0 aromatic heterocycles. The summed E-state index contributed by atoms with van der Waals surface area (Å²) in [5.41, 5.74) is 0. The number of alkyl halides is 8. The molecular weight excluding hydrogens is 349 g/mol. The van der Waals surface area contributed by atoms with Crippen molar-refractivity contribution in [3.05, 3.63) is 4.13 Å². The summed E-state index contributed by atoms with van der Waals surface area (Å²) in [5.74, 6) is -14.4. The van der Waals surface area contributed by atoms with Crippen LogP contribution in [0.5, 0.6) is 0 Å². The molecule has 1 aliphatic heterocycles. The van der Waals surface area contributed by atoms with E-state index in [9.17, 15) is 52.0 Å². The van der Waals surface area contributed by atoms with Crippen molar-refractivity contribution in [1.29, 1.82) is 0 Å². The molecular formula is C4F8LiNO4S2. The molecule has 1 aliphatic rings. The van der Waals surface area contributed by atoms with Crippen molar-refractivity contribution in [3.8, 4) is 0 Å². The Kier molecular flexibility index (Phi) is 4.42. The fourth-order valence-corrected chi connectivity index (χ4v) is 3.60. The molecule has 1 rings (SSSR count). The third kappa shape index (κ3) is 1.97. The van der Waals surface area contributed by atoms with Gasteiger partial charge < -0.3 is 4.13 Å². The van der Waals surface area contributed by atoms with Gasteiger partial charge in [-0.25, -0.2) is 16.8 Å². The number of rotatable bonds is 0. The SMILES string of the molecule is O=S1(=O)[N-]S(=O)(=O)C(F)(F)C(F)(F)C(F)(F)C1(F)F.[Li+]. The smallest absolute Gasteiger partial charge is 0.425 e. The van der Waals surface area contributed by atoms with Gasteiger partial charge in [0.25, 0.3) is 0 Å². The largest absolute Gasteiger partial charge is 1.00 e. The van der Waals surface area contributed by atoms with Crippen molar-refractivity contribution >= 4 is 20.0 Å². The van der Waals surface area contributed by atoms with Crippen molar-refractivity contribution < 1.29 is 70.8 Å². The van der Waals surface area contributed by atoms with E-state index in [0.717, 1.165) is 4.13 Å². The van der Waals surface area contributed by atoms with Crippen LogP contribution in [0.1, 0.15) is 0 Å². The monoisotopic (exact) mass is 349 g/mol. The van der Waals surface area contributed by atoms with E-state index in [1.807, 2.05) is 0 Å². The quantitative estimate of drug-likeness (QED) is 0.394. The van der Waals surface area contributed by atoms with Gasteiger partial charge in [-0.2, -0.15) is 35.1 Å². The molecule has 16 heteroatoms. The van der Waals surface area contributed by atoms with Gasteiger partial charge in [0, 0.05) is 0 Å². The topological polar surface area (TPSA) is 82.4 Å². The molecule has 0 spiro atoms. The average molecular weight is 349 g/mol. The number of sulfonamides is 2. The van der Waals surface area contributed by atoms with Gasteiger partial charge in [0.15, 0.2) is 20.0 Å². The molecule has 0 aliphatic carbocycles. The van der Waals surface area contributed by atoms with Crippen LogP contribution in [-0.2, 0) is 20.0 Å². The minimum Gasteiger partial charge on any atom is -0.425 e. The zero-order chi connectivity index (χ0) is 15.7. The van der Waals surface area contributed by atoms with Gasteiger partial charge in [-0.05, 0) is 0 Å². The first-order valence-corrected chi connectivity index (χ1v) is 6.58. The summed E-state index contributed by atoms with van der Waals surface area (Å²) in [4.78, 5) is 0. The third-order valence-electron chi connectivity index (χ3n) is 1.97. The molecule has 0 unspecified atom stereocenters. The zero-order valence-electron chi connectivity index (χ0n) is 8.92. The van der Waals surface area contributed by atoms with Crippen molar-refractivity contribution in [2.24, 2.45) is 0 Å². The van der Waals surface area contributed by atoms with Crippen LogP contribution in [0.4, 0.5) is 35.1 Å². The molecule has 114 valence electrons. The molecule has 0 amide bonds. The second kappa shape index (κ2) is 4.45. The Hall–Kier alpha value is -0.103. The fraction of sp³-hybridized carbons (Fsp3) is 1.00. The van der Waals surface area contributed by atoms with E-state index in [2.05, 4.69) is 0 Å². The van der Waals surface area contributed by atoms with Crippen LogP contribution < -0.4 is 18.9 Å². The molecule has 20 heavy (non-hydrogen) atoms. The van der Waals surface area contributed by atoms with Gasteiger partial charge in [0.05, 0.1) is 0 Å². The Morgan fingerprint density at radius 2 is 0.800 bits per heavy atom. The van der Waals surface area contributed by atoms with Crippen LogP contribution in [0.25, 0.3) is 4.13 Å². The predicted molar refractivity (Wildman–Crippen MR) is 41.0 cm³/mol.